The van der Waals surface area contributed by atoms with Crippen LogP contribution in [-0.2, 0) is 11.3 Å². The quantitative estimate of drug-likeness (QED) is 0.245. The summed E-state index contributed by atoms with van der Waals surface area (Å²) in [4.78, 5) is 22.0. The van der Waals surface area contributed by atoms with Crippen molar-refractivity contribution in [3.63, 3.8) is 0 Å². The first kappa shape index (κ1) is 14.9. The molecule has 124 valence electrons. The Hall–Kier alpha value is -3.68. The van der Waals surface area contributed by atoms with Crippen LogP contribution in [0, 0.1) is 10.1 Å². The third kappa shape index (κ3) is 2.80. The highest BCUT2D eigenvalue weighted by Crippen LogP contribution is 2.31. The Balaban J connectivity index is 1.56. The van der Waals surface area contributed by atoms with Crippen LogP contribution in [0.25, 0.3) is 21.9 Å². The van der Waals surface area contributed by atoms with Gasteiger partial charge in [-0.05, 0) is 29.2 Å². The molecule has 0 saturated heterocycles. The predicted octanol–water partition coefficient (Wildman–Crippen LogP) is 3.30. The number of carbonyl (C=O) groups excluding carboxylic acids is 1. The first-order valence-corrected chi connectivity index (χ1v) is 7.40. The summed E-state index contributed by atoms with van der Waals surface area (Å²) < 4.78 is 12.2. The van der Waals surface area contributed by atoms with Gasteiger partial charge in [-0.15, -0.1) is 0 Å². The number of aromatic nitrogens is 2. The molecule has 0 fully saturated rings. The molecule has 8 heteroatoms. The third-order valence-corrected chi connectivity index (χ3v) is 3.68. The van der Waals surface area contributed by atoms with E-state index in [9.17, 15) is 14.9 Å². The maximum atomic E-state index is 12.0. The molecular weight excluding hydrogens is 326 g/mol. The highest BCUT2D eigenvalue weighted by atomic mass is 16.6. The zero-order valence-electron chi connectivity index (χ0n) is 12.8. The zero-order valence-corrected chi connectivity index (χ0v) is 12.8. The molecule has 0 radical (unpaired) electrons. The van der Waals surface area contributed by atoms with E-state index in [4.69, 9.17) is 9.15 Å². The van der Waals surface area contributed by atoms with Gasteiger partial charge in [0.25, 0.3) is 0 Å². The normalized spacial score (nSPS) is 11.0. The van der Waals surface area contributed by atoms with Gasteiger partial charge in [0.15, 0.2) is 6.54 Å². The van der Waals surface area contributed by atoms with E-state index in [1.54, 1.807) is 18.2 Å². The first-order valence-electron chi connectivity index (χ1n) is 7.40. The van der Waals surface area contributed by atoms with E-state index in [2.05, 4.69) is 5.10 Å². The molecule has 4 rings (SSSR count). The Morgan fingerprint density at radius 1 is 1.16 bits per heavy atom. The van der Waals surface area contributed by atoms with Gasteiger partial charge in [-0.25, -0.2) is 4.79 Å². The molecule has 4 aromatic rings. The van der Waals surface area contributed by atoms with Gasteiger partial charge in [0.05, 0.1) is 17.4 Å². The second-order valence-corrected chi connectivity index (χ2v) is 5.36. The minimum atomic E-state index is -0.625. The van der Waals surface area contributed by atoms with Crippen molar-refractivity contribution < 1.29 is 18.9 Å². The zero-order chi connectivity index (χ0) is 17.4. The Labute approximate surface area is 140 Å². The van der Waals surface area contributed by atoms with Gasteiger partial charge >= 0.3 is 11.8 Å². The second kappa shape index (κ2) is 5.75. The smallest absolute Gasteiger partial charge is 0.389 e. The standard InChI is InChI=1S/C17H11N3O5/c21-17(10-19-8-7-16(18-19)20(22)23)24-11-5-6-15-13(9-11)12-3-1-2-4-14(12)25-15/h1-9H,10H2. The van der Waals surface area contributed by atoms with E-state index >= 15 is 0 Å². The predicted molar refractivity (Wildman–Crippen MR) is 88.2 cm³/mol. The number of ether oxygens (including phenoxy) is 1. The number of nitrogens with zero attached hydrogens (tertiary/aromatic N) is 3. The van der Waals surface area contributed by atoms with E-state index in [1.807, 2.05) is 24.3 Å². The van der Waals surface area contributed by atoms with Gasteiger partial charge in [-0.1, -0.05) is 18.2 Å². The van der Waals surface area contributed by atoms with Crippen molar-refractivity contribution in [2.75, 3.05) is 0 Å². The number of hydrogen-bond acceptors (Lipinski definition) is 6. The number of carbonyl (C=O) groups is 1. The van der Waals surface area contributed by atoms with Gasteiger partial charge in [0.2, 0.25) is 0 Å². The summed E-state index contributed by atoms with van der Waals surface area (Å²) >= 11 is 0. The van der Waals surface area contributed by atoms with Crippen LogP contribution in [0.1, 0.15) is 0 Å². The van der Waals surface area contributed by atoms with Crippen molar-refractivity contribution in [3.05, 3.63) is 64.8 Å². The number of rotatable bonds is 4. The number of furan rings is 1. The van der Waals surface area contributed by atoms with Gasteiger partial charge in [0.1, 0.15) is 16.9 Å². The van der Waals surface area contributed by atoms with Crippen molar-refractivity contribution in [2.45, 2.75) is 6.54 Å². The molecule has 0 unspecified atom stereocenters. The lowest BCUT2D eigenvalue weighted by molar-refractivity contribution is -0.389. The minimum absolute atomic E-state index is 0.224. The van der Waals surface area contributed by atoms with E-state index in [0.29, 0.717) is 11.3 Å². The molecule has 0 N–H and O–H groups in total. The van der Waals surface area contributed by atoms with Crippen LogP contribution in [-0.4, -0.2) is 20.7 Å². The van der Waals surface area contributed by atoms with Crippen LogP contribution in [0.2, 0.25) is 0 Å². The molecule has 25 heavy (non-hydrogen) atoms. The Morgan fingerprint density at radius 3 is 2.76 bits per heavy atom. The molecule has 2 aromatic carbocycles. The van der Waals surface area contributed by atoms with Crippen molar-refractivity contribution in [1.29, 1.82) is 0 Å². The number of hydrogen-bond donors (Lipinski definition) is 0. The first-order chi connectivity index (χ1) is 12.1. The fourth-order valence-electron chi connectivity index (χ4n) is 2.60. The highest BCUT2D eigenvalue weighted by molar-refractivity contribution is 6.05. The van der Waals surface area contributed by atoms with Crippen LogP contribution in [0.4, 0.5) is 5.82 Å². The molecule has 2 heterocycles. The molecule has 0 spiro atoms. The monoisotopic (exact) mass is 337 g/mol. The van der Waals surface area contributed by atoms with Crippen LogP contribution in [0.15, 0.2) is 59.1 Å². The molecule has 0 amide bonds. The lowest BCUT2D eigenvalue weighted by atomic mass is 10.1. The number of esters is 1. The summed E-state index contributed by atoms with van der Waals surface area (Å²) in [6.45, 7) is -0.224. The summed E-state index contributed by atoms with van der Waals surface area (Å²) in [5.41, 5.74) is 1.45. The van der Waals surface area contributed by atoms with E-state index in [-0.39, 0.29) is 12.4 Å². The number of para-hydroxylation sites is 1. The largest absolute Gasteiger partial charge is 0.456 e. The molecule has 0 atom stereocenters. The Bertz CT molecular complexity index is 1110. The Kier molecular flexibility index (Phi) is 3.42. The summed E-state index contributed by atoms with van der Waals surface area (Å²) in [5, 5.41) is 16.0. The van der Waals surface area contributed by atoms with E-state index < -0.39 is 10.9 Å². The van der Waals surface area contributed by atoms with E-state index in [1.165, 1.54) is 12.3 Å². The minimum Gasteiger partial charge on any atom is -0.456 e. The van der Waals surface area contributed by atoms with Crippen LogP contribution in [0.5, 0.6) is 5.75 Å². The molecule has 8 nitrogen and oxygen atoms in total. The summed E-state index contributed by atoms with van der Waals surface area (Å²) in [6.07, 6.45) is 1.35. The van der Waals surface area contributed by atoms with Crippen LogP contribution in [0.3, 0.4) is 0 Å². The van der Waals surface area contributed by atoms with Gasteiger partial charge in [0, 0.05) is 10.8 Å². The van der Waals surface area contributed by atoms with Crippen molar-refractivity contribution >= 4 is 33.7 Å². The van der Waals surface area contributed by atoms with Gasteiger partial charge in [-0.2, -0.15) is 4.68 Å². The summed E-state index contributed by atoms with van der Waals surface area (Å²) in [5.74, 6) is -0.532. The van der Waals surface area contributed by atoms with Crippen LogP contribution < -0.4 is 4.74 Å². The molecule has 0 aliphatic carbocycles. The van der Waals surface area contributed by atoms with Crippen molar-refractivity contribution in [1.82, 2.24) is 9.78 Å². The lowest BCUT2D eigenvalue weighted by Crippen LogP contribution is -2.16. The van der Waals surface area contributed by atoms with Crippen LogP contribution >= 0.6 is 0 Å². The summed E-state index contributed by atoms with van der Waals surface area (Å²) in [6, 6.07) is 13.9. The SMILES string of the molecule is O=C(Cn1ccc([N+](=O)[O-])n1)Oc1ccc2oc3ccccc3c2c1. The second-order valence-electron chi connectivity index (χ2n) is 5.36. The van der Waals surface area contributed by atoms with Crippen molar-refractivity contribution in [3.8, 4) is 5.75 Å². The molecule has 0 saturated carbocycles. The molecule has 0 aliphatic rings. The molecule has 2 aromatic heterocycles. The average molecular weight is 337 g/mol. The fraction of sp³-hybridized carbons (Fsp3) is 0.0588. The summed E-state index contributed by atoms with van der Waals surface area (Å²) in [7, 11) is 0. The maximum absolute atomic E-state index is 12.0. The van der Waals surface area contributed by atoms with Crippen molar-refractivity contribution in [2.24, 2.45) is 0 Å². The lowest BCUT2D eigenvalue weighted by Gasteiger charge is -2.03. The van der Waals surface area contributed by atoms with E-state index in [0.717, 1.165) is 21.0 Å². The molecule has 0 aliphatic heterocycles. The maximum Gasteiger partial charge on any atom is 0.389 e. The highest BCUT2D eigenvalue weighted by Gasteiger charge is 2.15. The molecular formula is C17H11N3O5. The molecule has 0 bridgehead atoms. The van der Waals surface area contributed by atoms with Gasteiger partial charge < -0.3 is 19.3 Å². The Morgan fingerprint density at radius 2 is 1.96 bits per heavy atom. The third-order valence-electron chi connectivity index (χ3n) is 3.68. The topological polar surface area (TPSA) is 100 Å². The average Bonchev–Trinajstić information content (AvgIpc) is 3.19. The number of nitro groups is 1. The van der Waals surface area contributed by atoms with Gasteiger partial charge in [-0.3, -0.25) is 0 Å². The number of fused-ring (bicyclic) bond motifs is 3. The number of benzene rings is 2. The fourth-order valence-corrected chi connectivity index (χ4v) is 2.60.